The fraction of sp³-hybridized carbons (Fsp3) is 0.909. The monoisotopic (exact) mass is 246 g/mol. The number of nitrogens with two attached hydrogens (primary N) is 4. The van der Waals surface area contributed by atoms with Gasteiger partial charge in [0.1, 0.15) is 0 Å². The van der Waals surface area contributed by atoms with Crippen LogP contribution in [0.15, 0.2) is 0 Å². The summed E-state index contributed by atoms with van der Waals surface area (Å²) in [5.74, 6) is 4.14. The molecule has 8 N–H and O–H groups in total. The Labute approximate surface area is 103 Å². The molecule has 6 nitrogen and oxygen atoms in total. The van der Waals surface area contributed by atoms with Crippen molar-refractivity contribution >= 4 is 5.97 Å². The highest BCUT2D eigenvalue weighted by atomic mass is 16.7. The molecule has 0 aromatic rings. The Balaban J connectivity index is 5.92. The van der Waals surface area contributed by atoms with Crippen LogP contribution in [0, 0.1) is 10.8 Å². The zero-order chi connectivity index (χ0) is 14.3. The maximum atomic E-state index is 11.9. The van der Waals surface area contributed by atoms with Crippen molar-refractivity contribution in [3.8, 4) is 0 Å². The Morgan fingerprint density at radius 1 is 0.882 bits per heavy atom. The smallest absolute Gasteiger partial charge is 0.348 e. The maximum Gasteiger partial charge on any atom is 0.348 e. The van der Waals surface area contributed by atoms with E-state index >= 15 is 0 Å². The van der Waals surface area contributed by atoms with Gasteiger partial charge in [0.2, 0.25) is 0 Å². The molecule has 0 spiro atoms. The molecule has 6 heteroatoms. The first kappa shape index (κ1) is 16.3. The molecule has 0 radical (unpaired) electrons. The molecule has 0 aromatic heterocycles. The Bertz CT molecular complexity index is 302. The first-order valence-electron chi connectivity index (χ1n) is 5.51. The van der Waals surface area contributed by atoms with Crippen molar-refractivity contribution in [1.82, 2.24) is 0 Å². The number of hydrogen-bond acceptors (Lipinski definition) is 6. The second-order valence-electron chi connectivity index (χ2n) is 6.58. The molecule has 0 rings (SSSR count). The minimum atomic E-state index is -1.60. The van der Waals surface area contributed by atoms with Gasteiger partial charge in [-0.15, -0.1) is 0 Å². The summed E-state index contributed by atoms with van der Waals surface area (Å²) in [6.07, 6.45) is 0. The molecular formula is C11H26N4O2. The third-order valence-corrected chi connectivity index (χ3v) is 3.51. The molecule has 0 fully saturated rings. The molecule has 17 heavy (non-hydrogen) atoms. The second kappa shape index (κ2) is 4.20. The first-order chi connectivity index (χ1) is 7.23. The van der Waals surface area contributed by atoms with Crippen molar-refractivity contribution in [1.29, 1.82) is 0 Å². The molecule has 0 amide bonds. The van der Waals surface area contributed by atoms with Crippen LogP contribution in [0.3, 0.4) is 0 Å². The normalized spacial score (nSPS) is 17.5. The van der Waals surface area contributed by atoms with E-state index in [4.69, 9.17) is 23.1 Å². The standard InChI is InChI=1S/C11H26N4O2/c1-8(2,3)10(12,7(16)17-15)11(13,14)9(4,5)6/h12-15H2,1-6H3. The Morgan fingerprint density at radius 3 is 1.41 bits per heavy atom. The lowest BCUT2D eigenvalue weighted by Crippen LogP contribution is -2.84. The molecule has 0 heterocycles. The summed E-state index contributed by atoms with van der Waals surface area (Å²) in [5, 5.41) is 0. The van der Waals surface area contributed by atoms with E-state index in [1.807, 2.05) is 20.8 Å². The number of rotatable bonds is 2. The van der Waals surface area contributed by atoms with E-state index < -0.39 is 28.0 Å². The van der Waals surface area contributed by atoms with Crippen LogP contribution in [-0.2, 0) is 9.63 Å². The van der Waals surface area contributed by atoms with Crippen LogP contribution in [0.5, 0.6) is 0 Å². The molecule has 0 aliphatic rings. The van der Waals surface area contributed by atoms with Gasteiger partial charge in [-0.1, -0.05) is 41.5 Å². The van der Waals surface area contributed by atoms with E-state index in [0.29, 0.717) is 0 Å². The Morgan fingerprint density at radius 2 is 1.24 bits per heavy atom. The van der Waals surface area contributed by atoms with Gasteiger partial charge in [0.25, 0.3) is 0 Å². The maximum absolute atomic E-state index is 11.9. The molecule has 1 unspecified atom stereocenters. The second-order valence-corrected chi connectivity index (χ2v) is 6.58. The lowest BCUT2D eigenvalue weighted by molar-refractivity contribution is -0.163. The Kier molecular flexibility index (Phi) is 4.03. The minimum Gasteiger partial charge on any atom is -0.372 e. The number of carbonyl (C=O) groups is 1. The van der Waals surface area contributed by atoms with Gasteiger partial charge in [0.05, 0.1) is 5.66 Å². The molecular weight excluding hydrogens is 220 g/mol. The zero-order valence-electron chi connectivity index (χ0n) is 11.6. The average molecular weight is 246 g/mol. The Hall–Kier alpha value is -0.690. The average Bonchev–Trinajstić information content (AvgIpc) is 2.11. The molecule has 0 aromatic carbocycles. The predicted molar refractivity (Wildman–Crippen MR) is 67.2 cm³/mol. The predicted octanol–water partition coefficient (Wildman–Crippen LogP) is -0.193. The summed E-state index contributed by atoms with van der Waals surface area (Å²) in [6, 6.07) is 0. The molecule has 0 saturated carbocycles. The molecule has 0 bridgehead atoms. The highest BCUT2D eigenvalue weighted by molar-refractivity contribution is 5.83. The van der Waals surface area contributed by atoms with Crippen molar-refractivity contribution < 1.29 is 9.63 Å². The SMILES string of the molecule is CC(C)(C)C(N)(N)C(N)(C(=O)ON)C(C)(C)C. The summed E-state index contributed by atoms with van der Waals surface area (Å²) in [5.41, 5.74) is 14.1. The fourth-order valence-electron chi connectivity index (χ4n) is 1.78. The van der Waals surface area contributed by atoms with E-state index in [0.717, 1.165) is 0 Å². The van der Waals surface area contributed by atoms with Crippen molar-refractivity contribution in [2.24, 2.45) is 33.9 Å². The summed E-state index contributed by atoms with van der Waals surface area (Å²) in [7, 11) is 0. The van der Waals surface area contributed by atoms with Gasteiger partial charge < -0.3 is 22.0 Å². The van der Waals surface area contributed by atoms with Crippen molar-refractivity contribution in [3.05, 3.63) is 0 Å². The van der Waals surface area contributed by atoms with Crippen molar-refractivity contribution in [3.63, 3.8) is 0 Å². The van der Waals surface area contributed by atoms with Gasteiger partial charge in [-0.3, -0.25) is 0 Å². The van der Waals surface area contributed by atoms with Crippen LogP contribution in [0.4, 0.5) is 0 Å². The third kappa shape index (κ3) is 2.30. The van der Waals surface area contributed by atoms with Gasteiger partial charge in [0.15, 0.2) is 5.54 Å². The first-order valence-corrected chi connectivity index (χ1v) is 5.51. The molecule has 102 valence electrons. The van der Waals surface area contributed by atoms with E-state index in [2.05, 4.69) is 4.84 Å². The summed E-state index contributed by atoms with van der Waals surface area (Å²) in [6.45, 7) is 10.7. The van der Waals surface area contributed by atoms with Crippen LogP contribution >= 0.6 is 0 Å². The lowest BCUT2D eigenvalue weighted by atomic mass is 9.59. The minimum absolute atomic E-state index is 0.608. The van der Waals surface area contributed by atoms with Gasteiger partial charge in [-0.25, -0.2) is 4.79 Å². The molecule has 0 aliphatic carbocycles. The highest BCUT2D eigenvalue weighted by Crippen LogP contribution is 2.42. The highest BCUT2D eigenvalue weighted by Gasteiger charge is 2.62. The van der Waals surface area contributed by atoms with Crippen LogP contribution in [0.1, 0.15) is 41.5 Å². The van der Waals surface area contributed by atoms with Gasteiger partial charge in [-0.2, -0.15) is 5.90 Å². The topological polar surface area (TPSA) is 130 Å². The van der Waals surface area contributed by atoms with Crippen molar-refractivity contribution in [2.45, 2.75) is 52.7 Å². The summed E-state index contributed by atoms with van der Waals surface area (Å²) in [4.78, 5) is 16.2. The fourth-order valence-corrected chi connectivity index (χ4v) is 1.78. The van der Waals surface area contributed by atoms with E-state index in [9.17, 15) is 4.79 Å². The summed E-state index contributed by atoms with van der Waals surface area (Å²) >= 11 is 0. The lowest BCUT2D eigenvalue weighted by Gasteiger charge is -2.54. The van der Waals surface area contributed by atoms with Crippen LogP contribution in [-0.4, -0.2) is 17.2 Å². The van der Waals surface area contributed by atoms with Crippen LogP contribution < -0.4 is 23.1 Å². The van der Waals surface area contributed by atoms with E-state index in [1.165, 1.54) is 0 Å². The summed E-state index contributed by atoms with van der Waals surface area (Å²) < 4.78 is 0. The molecule has 1 atom stereocenters. The molecule has 0 saturated heterocycles. The van der Waals surface area contributed by atoms with Gasteiger partial charge in [-0.05, 0) is 10.8 Å². The number of carbonyl (C=O) groups excluding carboxylic acids is 1. The zero-order valence-corrected chi connectivity index (χ0v) is 11.6. The molecule has 0 aliphatic heterocycles. The van der Waals surface area contributed by atoms with Crippen LogP contribution in [0.25, 0.3) is 0 Å². The van der Waals surface area contributed by atoms with Gasteiger partial charge >= 0.3 is 5.97 Å². The number of hydrogen-bond donors (Lipinski definition) is 4. The van der Waals surface area contributed by atoms with Crippen LogP contribution in [0.2, 0.25) is 0 Å². The largest absolute Gasteiger partial charge is 0.372 e. The van der Waals surface area contributed by atoms with Gasteiger partial charge in [0, 0.05) is 0 Å². The third-order valence-electron chi connectivity index (χ3n) is 3.51. The van der Waals surface area contributed by atoms with E-state index in [1.54, 1.807) is 20.8 Å². The quantitative estimate of drug-likeness (QED) is 0.394. The van der Waals surface area contributed by atoms with Crippen molar-refractivity contribution in [2.75, 3.05) is 0 Å². The van der Waals surface area contributed by atoms with E-state index in [-0.39, 0.29) is 0 Å².